The van der Waals surface area contributed by atoms with Crippen LogP contribution in [0.2, 0.25) is 0 Å². The molecule has 0 bridgehead atoms. The highest BCUT2D eigenvalue weighted by Gasteiger charge is 2.63. The number of nitrogens with zero attached hydrogens (tertiary/aromatic N) is 1. The Hall–Kier alpha value is -0.650. The summed E-state index contributed by atoms with van der Waals surface area (Å²) in [5.41, 5.74) is -0.216. The van der Waals surface area contributed by atoms with Crippen LogP contribution in [-0.4, -0.2) is 49.6 Å². The molecule has 0 aromatic carbocycles. The van der Waals surface area contributed by atoms with Crippen LogP contribution in [0.3, 0.4) is 0 Å². The van der Waals surface area contributed by atoms with Crippen LogP contribution in [0.25, 0.3) is 0 Å². The van der Waals surface area contributed by atoms with Crippen molar-refractivity contribution < 1.29 is 19.5 Å². The van der Waals surface area contributed by atoms with Crippen LogP contribution in [0.15, 0.2) is 0 Å². The van der Waals surface area contributed by atoms with Gasteiger partial charge in [0.05, 0.1) is 19.3 Å². The number of carbonyl (C=O) groups excluding carboxylic acids is 1. The number of carbonyl (C=O) groups is 1. The third kappa shape index (κ3) is 3.27. The highest BCUT2D eigenvalue weighted by atomic mass is 16.7. The first-order chi connectivity index (χ1) is 13.7. The fourth-order valence-corrected chi connectivity index (χ4v) is 8.50. The summed E-state index contributed by atoms with van der Waals surface area (Å²) < 4.78 is 5.84. The van der Waals surface area contributed by atoms with E-state index in [1.807, 2.05) is 14.0 Å². The van der Waals surface area contributed by atoms with E-state index in [1.165, 1.54) is 24.3 Å². The number of methoxy groups -OCH3 is 1. The molecule has 1 N–H and O–H groups in total. The van der Waals surface area contributed by atoms with Crippen molar-refractivity contribution in [3.63, 3.8) is 0 Å². The minimum absolute atomic E-state index is 0.0848. The summed E-state index contributed by atoms with van der Waals surface area (Å²) >= 11 is 0. The van der Waals surface area contributed by atoms with Gasteiger partial charge in [-0.2, -0.15) is 0 Å². The SMILES string of the molecule is COC[C@]12CC[C@@](C)(O)C[C@@H]1CC[C@H]1[C@@H]3CC[C@H](C(=O)N(C)OC)[C@@]3(C)CC[C@@H]12. The first-order valence-electron chi connectivity index (χ1n) is 11.7. The maximum atomic E-state index is 13.0. The lowest BCUT2D eigenvalue weighted by atomic mass is 9.43. The molecule has 4 aliphatic carbocycles. The summed E-state index contributed by atoms with van der Waals surface area (Å²) in [5, 5.41) is 12.2. The average Bonchev–Trinajstić information content (AvgIpc) is 3.04. The highest BCUT2D eigenvalue weighted by molar-refractivity contribution is 5.79. The predicted molar refractivity (Wildman–Crippen MR) is 112 cm³/mol. The van der Waals surface area contributed by atoms with Gasteiger partial charge in [-0.05, 0) is 99.2 Å². The van der Waals surface area contributed by atoms with Gasteiger partial charge >= 0.3 is 0 Å². The van der Waals surface area contributed by atoms with E-state index in [9.17, 15) is 9.90 Å². The molecule has 5 nitrogen and oxygen atoms in total. The number of amides is 1. The number of ether oxygens (including phenoxy) is 1. The van der Waals surface area contributed by atoms with Gasteiger partial charge < -0.3 is 9.84 Å². The lowest BCUT2D eigenvalue weighted by Gasteiger charge is -2.62. The van der Waals surface area contributed by atoms with Crippen molar-refractivity contribution >= 4 is 5.91 Å². The quantitative estimate of drug-likeness (QED) is 0.715. The van der Waals surface area contributed by atoms with Crippen molar-refractivity contribution in [2.75, 3.05) is 27.9 Å². The van der Waals surface area contributed by atoms with Gasteiger partial charge in [0.15, 0.2) is 0 Å². The molecule has 4 saturated carbocycles. The molecule has 1 amide bonds. The molecular weight excluding hydrogens is 366 g/mol. The summed E-state index contributed by atoms with van der Waals surface area (Å²) in [4.78, 5) is 18.3. The zero-order valence-corrected chi connectivity index (χ0v) is 19.1. The van der Waals surface area contributed by atoms with Crippen LogP contribution in [0.1, 0.15) is 71.6 Å². The molecule has 0 aliphatic heterocycles. The number of hydrogen-bond acceptors (Lipinski definition) is 4. The maximum Gasteiger partial charge on any atom is 0.249 e. The van der Waals surface area contributed by atoms with E-state index in [2.05, 4.69) is 6.92 Å². The topological polar surface area (TPSA) is 59.0 Å². The number of fused-ring (bicyclic) bond motifs is 5. The predicted octanol–water partition coefficient (Wildman–Crippen LogP) is 4.04. The molecular formula is C24H41NO4. The molecule has 4 rings (SSSR count). The molecule has 0 aromatic rings. The summed E-state index contributed by atoms with van der Waals surface area (Å²) in [6.45, 7) is 5.23. The Morgan fingerprint density at radius 3 is 2.48 bits per heavy atom. The lowest BCUT2D eigenvalue weighted by Crippen LogP contribution is -2.58. The van der Waals surface area contributed by atoms with Crippen molar-refractivity contribution in [2.45, 2.75) is 77.2 Å². The van der Waals surface area contributed by atoms with Crippen LogP contribution in [0.5, 0.6) is 0 Å². The molecule has 0 saturated heterocycles. The number of rotatable bonds is 4. The number of hydroxylamine groups is 2. The third-order valence-electron chi connectivity index (χ3n) is 9.95. The summed E-state index contributed by atoms with van der Waals surface area (Å²) in [6.07, 6.45) is 9.81. The molecule has 0 heterocycles. The Bertz CT molecular complexity index is 636. The minimum Gasteiger partial charge on any atom is -0.390 e. The van der Waals surface area contributed by atoms with E-state index < -0.39 is 5.60 Å². The summed E-state index contributed by atoms with van der Waals surface area (Å²) in [7, 11) is 5.18. The molecule has 0 unspecified atom stereocenters. The van der Waals surface area contributed by atoms with Gasteiger partial charge in [-0.1, -0.05) is 6.92 Å². The van der Waals surface area contributed by atoms with Crippen molar-refractivity contribution in [1.29, 1.82) is 0 Å². The Labute approximate surface area is 176 Å². The summed E-state index contributed by atoms with van der Waals surface area (Å²) in [5.74, 6) is 2.79. The Morgan fingerprint density at radius 2 is 1.79 bits per heavy atom. The standard InChI is InChI=1S/C24H41NO4/c1-22(27)12-13-24(15-28-4)16(14-22)6-7-17-18-8-9-20(21(26)25(3)29-5)23(18,2)11-10-19(17)24/h16-20,27H,6-15H2,1-5H3/t16-,17-,18-,19-,20+,22+,23-,24+/m0/s1. The number of aliphatic hydroxyl groups is 1. The first kappa shape index (κ1) is 21.6. The zero-order chi connectivity index (χ0) is 21.0. The van der Waals surface area contributed by atoms with Crippen molar-refractivity contribution in [3.05, 3.63) is 0 Å². The van der Waals surface area contributed by atoms with Crippen molar-refractivity contribution in [1.82, 2.24) is 5.06 Å². The van der Waals surface area contributed by atoms with Gasteiger partial charge in [0, 0.05) is 20.1 Å². The van der Waals surface area contributed by atoms with Crippen LogP contribution in [-0.2, 0) is 14.4 Å². The van der Waals surface area contributed by atoms with E-state index in [0.717, 1.165) is 45.1 Å². The molecule has 29 heavy (non-hydrogen) atoms. The molecule has 0 aromatic heterocycles. The van der Waals surface area contributed by atoms with E-state index in [4.69, 9.17) is 9.57 Å². The molecule has 5 heteroatoms. The zero-order valence-electron chi connectivity index (χ0n) is 19.1. The van der Waals surface area contributed by atoms with Crippen molar-refractivity contribution in [2.24, 2.45) is 40.4 Å². The van der Waals surface area contributed by atoms with E-state index in [-0.39, 0.29) is 22.7 Å². The van der Waals surface area contributed by atoms with Crippen LogP contribution >= 0.6 is 0 Å². The fourth-order valence-electron chi connectivity index (χ4n) is 8.50. The first-order valence-corrected chi connectivity index (χ1v) is 11.7. The Balaban J connectivity index is 1.61. The van der Waals surface area contributed by atoms with Crippen LogP contribution in [0, 0.1) is 40.4 Å². The molecule has 166 valence electrons. The summed E-state index contributed by atoms with van der Waals surface area (Å²) in [6, 6.07) is 0. The van der Waals surface area contributed by atoms with E-state index in [0.29, 0.717) is 23.7 Å². The van der Waals surface area contributed by atoms with Gasteiger partial charge in [-0.25, -0.2) is 5.06 Å². The lowest BCUT2D eigenvalue weighted by molar-refractivity contribution is -0.188. The van der Waals surface area contributed by atoms with Gasteiger partial charge in [0.2, 0.25) is 5.91 Å². The van der Waals surface area contributed by atoms with Gasteiger partial charge in [-0.15, -0.1) is 0 Å². The smallest absolute Gasteiger partial charge is 0.249 e. The second kappa shape index (κ2) is 7.49. The monoisotopic (exact) mass is 407 g/mol. The fraction of sp³-hybridized carbons (Fsp3) is 0.958. The molecule has 4 fully saturated rings. The van der Waals surface area contributed by atoms with Crippen molar-refractivity contribution in [3.8, 4) is 0 Å². The van der Waals surface area contributed by atoms with E-state index in [1.54, 1.807) is 14.2 Å². The third-order valence-corrected chi connectivity index (χ3v) is 9.95. The molecule has 8 atom stereocenters. The van der Waals surface area contributed by atoms with Crippen LogP contribution in [0.4, 0.5) is 0 Å². The van der Waals surface area contributed by atoms with Gasteiger partial charge in [0.1, 0.15) is 0 Å². The molecule has 4 aliphatic rings. The maximum absolute atomic E-state index is 13.0. The second-order valence-corrected chi connectivity index (χ2v) is 11.2. The van der Waals surface area contributed by atoms with E-state index >= 15 is 0 Å². The van der Waals surface area contributed by atoms with Gasteiger partial charge in [-0.3, -0.25) is 9.63 Å². The van der Waals surface area contributed by atoms with Crippen LogP contribution < -0.4 is 0 Å². The van der Waals surface area contributed by atoms with Gasteiger partial charge in [0.25, 0.3) is 0 Å². The molecule has 0 radical (unpaired) electrons. The Morgan fingerprint density at radius 1 is 1.03 bits per heavy atom. The largest absolute Gasteiger partial charge is 0.390 e. The highest BCUT2D eigenvalue weighted by Crippen LogP contribution is 2.68. The Kier molecular flexibility index (Phi) is 5.57. The minimum atomic E-state index is -0.520. The molecule has 0 spiro atoms. The average molecular weight is 408 g/mol. The normalized spacial score (nSPS) is 49.1. The number of hydrogen-bond donors (Lipinski definition) is 1. The second-order valence-electron chi connectivity index (χ2n) is 11.2.